The summed E-state index contributed by atoms with van der Waals surface area (Å²) in [5, 5.41) is 3.40. The van der Waals surface area contributed by atoms with Crippen LogP contribution >= 0.6 is 0 Å². The first kappa shape index (κ1) is 14.1. The Labute approximate surface area is 126 Å². The summed E-state index contributed by atoms with van der Waals surface area (Å²) in [7, 11) is 2.02. The van der Waals surface area contributed by atoms with Gasteiger partial charge in [-0.05, 0) is 55.1 Å². The lowest BCUT2D eigenvalue weighted by Gasteiger charge is -2.17. The molecule has 0 bridgehead atoms. The summed E-state index contributed by atoms with van der Waals surface area (Å²) >= 11 is 0. The highest BCUT2D eigenvalue weighted by atomic mass is 16.5. The van der Waals surface area contributed by atoms with E-state index in [0.29, 0.717) is 6.04 Å². The number of hydrogen-bond donors (Lipinski definition) is 1. The molecule has 1 aliphatic heterocycles. The largest absolute Gasteiger partial charge is 0.493 e. The Hall–Kier alpha value is -1.87. The van der Waals surface area contributed by atoms with Crippen molar-refractivity contribution < 1.29 is 4.74 Å². The molecule has 1 N–H and O–H groups in total. The molecule has 1 aromatic heterocycles. The third-order valence-corrected chi connectivity index (χ3v) is 4.12. The molecule has 1 atom stereocenters. The lowest BCUT2D eigenvalue weighted by molar-refractivity contribution is 0.357. The van der Waals surface area contributed by atoms with Crippen molar-refractivity contribution in [1.82, 2.24) is 10.3 Å². The van der Waals surface area contributed by atoms with E-state index in [-0.39, 0.29) is 0 Å². The van der Waals surface area contributed by atoms with Gasteiger partial charge in [0.15, 0.2) is 0 Å². The van der Waals surface area contributed by atoms with E-state index in [2.05, 4.69) is 41.5 Å². The average Bonchev–Trinajstić information content (AvgIpc) is 2.95. The number of pyridine rings is 1. The Morgan fingerprint density at radius 2 is 2.19 bits per heavy atom. The molecule has 1 aliphatic rings. The number of nitrogens with one attached hydrogen (secondary N) is 1. The molecular formula is C18H22N2O. The molecule has 3 nitrogen and oxygen atoms in total. The summed E-state index contributed by atoms with van der Waals surface area (Å²) in [4.78, 5) is 4.30. The Balaban J connectivity index is 1.68. The molecular weight excluding hydrogens is 260 g/mol. The van der Waals surface area contributed by atoms with E-state index >= 15 is 0 Å². The molecule has 0 saturated heterocycles. The van der Waals surface area contributed by atoms with Gasteiger partial charge in [0.05, 0.1) is 6.61 Å². The molecule has 0 fully saturated rings. The molecule has 1 aromatic carbocycles. The monoisotopic (exact) mass is 282 g/mol. The van der Waals surface area contributed by atoms with E-state index in [4.69, 9.17) is 4.74 Å². The normalized spacial score (nSPS) is 14.6. The first-order chi connectivity index (χ1) is 10.3. The predicted molar refractivity (Wildman–Crippen MR) is 84.7 cm³/mol. The highest BCUT2D eigenvalue weighted by Gasteiger charge is 2.14. The van der Waals surface area contributed by atoms with Crippen molar-refractivity contribution >= 4 is 0 Å². The van der Waals surface area contributed by atoms with Crippen LogP contribution in [0, 0.1) is 6.92 Å². The molecule has 0 amide bonds. The second-order valence-corrected chi connectivity index (χ2v) is 5.72. The van der Waals surface area contributed by atoms with E-state index in [1.54, 1.807) is 0 Å². The van der Waals surface area contributed by atoms with Crippen LogP contribution in [-0.2, 0) is 12.8 Å². The van der Waals surface area contributed by atoms with Crippen molar-refractivity contribution in [2.75, 3.05) is 13.7 Å². The van der Waals surface area contributed by atoms with Crippen LogP contribution in [0.2, 0.25) is 0 Å². The minimum absolute atomic E-state index is 0.349. The second-order valence-electron chi connectivity index (χ2n) is 5.72. The topological polar surface area (TPSA) is 34.1 Å². The highest BCUT2D eigenvalue weighted by molar-refractivity contribution is 5.39. The van der Waals surface area contributed by atoms with E-state index in [9.17, 15) is 0 Å². The standard InChI is InChI=1S/C18H22N2O/c1-13-9-16(12-20-11-13)17(19-2)5-3-14-4-6-18-15(10-14)7-8-21-18/h4,6,9-12,17,19H,3,5,7-8H2,1-2H3. The minimum atomic E-state index is 0.349. The quantitative estimate of drug-likeness (QED) is 0.914. The van der Waals surface area contributed by atoms with Gasteiger partial charge in [-0.25, -0.2) is 0 Å². The number of fused-ring (bicyclic) bond motifs is 1. The molecule has 2 heterocycles. The van der Waals surface area contributed by atoms with Gasteiger partial charge in [-0.15, -0.1) is 0 Å². The number of benzene rings is 1. The lowest BCUT2D eigenvalue weighted by atomic mass is 9.98. The zero-order valence-electron chi connectivity index (χ0n) is 12.7. The Kier molecular flexibility index (Phi) is 4.20. The SMILES string of the molecule is CNC(CCc1ccc2c(c1)CCO2)c1cncc(C)c1. The number of aryl methyl sites for hydroxylation is 2. The molecule has 3 rings (SSSR count). The number of aromatic nitrogens is 1. The van der Waals surface area contributed by atoms with Crippen molar-refractivity contribution in [3.8, 4) is 5.75 Å². The van der Waals surface area contributed by atoms with Crippen LogP contribution in [0.25, 0.3) is 0 Å². The van der Waals surface area contributed by atoms with Gasteiger partial charge in [-0.2, -0.15) is 0 Å². The fraction of sp³-hybridized carbons (Fsp3) is 0.389. The van der Waals surface area contributed by atoms with Gasteiger partial charge in [0.1, 0.15) is 5.75 Å². The molecule has 110 valence electrons. The summed E-state index contributed by atoms with van der Waals surface area (Å²) in [6.45, 7) is 2.91. The van der Waals surface area contributed by atoms with Gasteiger partial charge in [0, 0.05) is 24.9 Å². The van der Waals surface area contributed by atoms with Crippen LogP contribution in [-0.4, -0.2) is 18.6 Å². The third-order valence-electron chi connectivity index (χ3n) is 4.12. The van der Waals surface area contributed by atoms with Gasteiger partial charge in [0.25, 0.3) is 0 Å². The summed E-state index contributed by atoms with van der Waals surface area (Å²) < 4.78 is 5.56. The van der Waals surface area contributed by atoms with E-state index in [0.717, 1.165) is 31.6 Å². The lowest BCUT2D eigenvalue weighted by Crippen LogP contribution is -2.17. The first-order valence-electron chi connectivity index (χ1n) is 7.59. The van der Waals surface area contributed by atoms with Gasteiger partial charge in [-0.1, -0.05) is 18.2 Å². The molecule has 1 unspecified atom stereocenters. The molecule has 0 radical (unpaired) electrons. The summed E-state index contributed by atoms with van der Waals surface area (Å²) in [6, 6.07) is 9.15. The van der Waals surface area contributed by atoms with Gasteiger partial charge in [0.2, 0.25) is 0 Å². The van der Waals surface area contributed by atoms with Crippen LogP contribution in [0.3, 0.4) is 0 Å². The molecule has 0 spiro atoms. The zero-order valence-corrected chi connectivity index (χ0v) is 12.7. The van der Waals surface area contributed by atoms with E-state index < -0.39 is 0 Å². The Morgan fingerprint density at radius 3 is 3.00 bits per heavy atom. The predicted octanol–water partition coefficient (Wildman–Crippen LogP) is 3.22. The smallest absolute Gasteiger partial charge is 0.122 e. The van der Waals surface area contributed by atoms with Crippen molar-refractivity contribution in [2.45, 2.75) is 32.2 Å². The van der Waals surface area contributed by atoms with Crippen molar-refractivity contribution in [1.29, 1.82) is 0 Å². The summed E-state index contributed by atoms with van der Waals surface area (Å²) in [5.74, 6) is 1.06. The number of nitrogens with zero attached hydrogens (tertiary/aromatic N) is 1. The molecule has 3 heteroatoms. The van der Waals surface area contributed by atoms with Crippen molar-refractivity contribution in [2.24, 2.45) is 0 Å². The maximum atomic E-state index is 5.56. The number of hydrogen-bond acceptors (Lipinski definition) is 3. The van der Waals surface area contributed by atoms with Crippen molar-refractivity contribution in [3.05, 3.63) is 58.9 Å². The summed E-state index contributed by atoms with van der Waals surface area (Å²) in [5.41, 5.74) is 5.22. The average molecular weight is 282 g/mol. The molecule has 0 saturated carbocycles. The molecule has 21 heavy (non-hydrogen) atoms. The van der Waals surface area contributed by atoms with Crippen molar-refractivity contribution in [3.63, 3.8) is 0 Å². The summed E-state index contributed by atoms with van der Waals surface area (Å²) in [6.07, 6.45) is 7.04. The highest BCUT2D eigenvalue weighted by Crippen LogP contribution is 2.27. The Bertz CT molecular complexity index is 624. The van der Waals surface area contributed by atoms with E-state index in [1.165, 1.54) is 22.3 Å². The van der Waals surface area contributed by atoms with Crippen LogP contribution < -0.4 is 10.1 Å². The second kappa shape index (κ2) is 6.27. The number of ether oxygens (including phenoxy) is 1. The minimum Gasteiger partial charge on any atom is -0.493 e. The van der Waals surface area contributed by atoms with Crippen LogP contribution in [0.5, 0.6) is 5.75 Å². The van der Waals surface area contributed by atoms with Gasteiger partial charge < -0.3 is 10.1 Å². The van der Waals surface area contributed by atoms with Crippen LogP contribution in [0.15, 0.2) is 36.7 Å². The third kappa shape index (κ3) is 3.24. The van der Waals surface area contributed by atoms with Crippen LogP contribution in [0.4, 0.5) is 0 Å². The fourth-order valence-corrected chi connectivity index (χ4v) is 2.95. The maximum absolute atomic E-state index is 5.56. The first-order valence-corrected chi connectivity index (χ1v) is 7.59. The maximum Gasteiger partial charge on any atom is 0.122 e. The zero-order chi connectivity index (χ0) is 14.7. The number of rotatable bonds is 5. The Morgan fingerprint density at radius 1 is 1.29 bits per heavy atom. The van der Waals surface area contributed by atoms with E-state index in [1.807, 2.05) is 19.4 Å². The molecule has 2 aromatic rings. The van der Waals surface area contributed by atoms with Gasteiger partial charge in [-0.3, -0.25) is 4.98 Å². The van der Waals surface area contributed by atoms with Gasteiger partial charge >= 0.3 is 0 Å². The van der Waals surface area contributed by atoms with Crippen LogP contribution in [0.1, 0.15) is 34.7 Å². The fourth-order valence-electron chi connectivity index (χ4n) is 2.95. The molecule has 0 aliphatic carbocycles.